The maximum atomic E-state index is 11.1. The fourth-order valence-electron chi connectivity index (χ4n) is 3.03. The number of halogens is 1. The smallest absolute Gasteiger partial charge is 0.335 e. The van der Waals surface area contributed by atoms with Crippen molar-refractivity contribution in [3.63, 3.8) is 0 Å². The lowest BCUT2D eigenvalue weighted by molar-refractivity contribution is 0.0696. The van der Waals surface area contributed by atoms with E-state index in [1.54, 1.807) is 24.4 Å². The van der Waals surface area contributed by atoms with Gasteiger partial charge in [0, 0.05) is 24.9 Å². The van der Waals surface area contributed by atoms with E-state index >= 15 is 0 Å². The molecule has 2 aromatic carbocycles. The molecule has 4 aromatic rings. The third-order valence-corrected chi connectivity index (χ3v) is 4.81. The number of aryl methyl sites for hydroxylation is 2. The molecule has 0 radical (unpaired) electrons. The number of aromatic nitrogens is 3. The van der Waals surface area contributed by atoms with Crippen LogP contribution in [0.5, 0.6) is 17.4 Å². The summed E-state index contributed by atoms with van der Waals surface area (Å²) >= 11 is 5.95. The third kappa shape index (κ3) is 4.06. The Morgan fingerprint density at radius 3 is 2.77 bits per heavy atom. The van der Waals surface area contributed by atoms with Gasteiger partial charge in [-0.05, 0) is 43.3 Å². The first-order valence-corrected chi connectivity index (χ1v) is 9.50. The molecule has 152 valence electrons. The second-order valence-corrected chi connectivity index (χ2v) is 7.17. The molecule has 0 unspecified atom stereocenters. The second-order valence-electron chi connectivity index (χ2n) is 6.74. The van der Waals surface area contributed by atoms with Crippen LogP contribution in [0.2, 0.25) is 5.02 Å². The van der Waals surface area contributed by atoms with Crippen molar-refractivity contribution in [2.24, 2.45) is 7.05 Å². The fourth-order valence-corrected chi connectivity index (χ4v) is 3.24. The molecule has 2 heterocycles. The first-order chi connectivity index (χ1) is 14.4. The molecule has 0 amide bonds. The highest BCUT2D eigenvalue weighted by molar-refractivity contribution is 6.30. The van der Waals surface area contributed by atoms with Gasteiger partial charge in [-0.2, -0.15) is 0 Å². The van der Waals surface area contributed by atoms with Crippen LogP contribution in [-0.4, -0.2) is 25.6 Å². The summed E-state index contributed by atoms with van der Waals surface area (Å²) in [7, 11) is 1.89. The largest absolute Gasteiger partial charge is 0.486 e. The fraction of sp³-hybridized carbons (Fsp3) is 0.136. The van der Waals surface area contributed by atoms with Gasteiger partial charge in [0.1, 0.15) is 23.9 Å². The van der Waals surface area contributed by atoms with Crippen LogP contribution >= 0.6 is 11.6 Å². The predicted molar refractivity (Wildman–Crippen MR) is 113 cm³/mol. The Balaban J connectivity index is 1.55. The Kier molecular flexibility index (Phi) is 5.29. The van der Waals surface area contributed by atoms with Crippen LogP contribution < -0.4 is 9.47 Å². The minimum atomic E-state index is -0.999. The third-order valence-electron chi connectivity index (χ3n) is 4.61. The van der Waals surface area contributed by atoms with Crippen molar-refractivity contribution >= 4 is 28.6 Å². The molecule has 7 nitrogen and oxygen atoms in total. The molecule has 0 spiro atoms. The summed E-state index contributed by atoms with van der Waals surface area (Å²) < 4.78 is 13.6. The number of rotatable bonds is 6. The molecule has 0 aliphatic heterocycles. The molecule has 1 N–H and O–H groups in total. The maximum absolute atomic E-state index is 11.1. The first kappa shape index (κ1) is 19.7. The van der Waals surface area contributed by atoms with Gasteiger partial charge in [0.15, 0.2) is 0 Å². The average molecular weight is 424 g/mol. The van der Waals surface area contributed by atoms with Crippen LogP contribution in [0.15, 0.2) is 54.7 Å². The summed E-state index contributed by atoms with van der Waals surface area (Å²) in [5, 5.41) is 9.66. The molecule has 0 atom stereocenters. The van der Waals surface area contributed by atoms with E-state index in [-0.39, 0.29) is 12.2 Å². The van der Waals surface area contributed by atoms with E-state index in [0.29, 0.717) is 28.2 Å². The Labute approximate surface area is 177 Å². The van der Waals surface area contributed by atoms with E-state index in [4.69, 9.17) is 26.2 Å². The molecule has 8 heteroatoms. The Morgan fingerprint density at radius 1 is 1.17 bits per heavy atom. The van der Waals surface area contributed by atoms with Crippen molar-refractivity contribution in [2.75, 3.05) is 0 Å². The van der Waals surface area contributed by atoms with E-state index < -0.39 is 5.97 Å². The Hall–Kier alpha value is -3.58. The number of aromatic carboxylic acids is 1. The zero-order valence-electron chi connectivity index (χ0n) is 16.3. The van der Waals surface area contributed by atoms with Crippen LogP contribution in [0, 0.1) is 6.92 Å². The van der Waals surface area contributed by atoms with Crippen molar-refractivity contribution in [2.45, 2.75) is 13.5 Å². The summed E-state index contributed by atoms with van der Waals surface area (Å²) in [6.45, 7) is 2.08. The Morgan fingerprint density at radius 2 is 2.00 bits per heavy atom. The predicted octanol–water partition coefficient (Wildman–Crippen LogP) is 5.00. The molecule has 4 rings (SSSR count). The van der Waals surface area contributed by atoms with Crippen LogP contribution in [0.3, 0.4) is 0 Å². The Bertz CT molecular complexity index is 1250. The first-order valence-electron chi connectivity index (χ1n) is 9.12. The van der Waals surface area contributed by atoms with Crippen LogP contribution in [-0.2, 0) is 13.7 Å². The van der Waals surface area contributed by atoms with Crippen molar-refractivity contribution in [1.82, 2.24) is 14.5 Å². The summed E-state index contributed by atoms with van der Waals surface area (Å²) in [6, 6.07) is 13.7. The zero-order valence-corrected chi connectivity index (χ0v) is 17.1. The summed E-state index contributed by atoms with van der Waals surface area (Å²) in [6.07, 6.45) is 1.54. The maximum Gasteiger partial charge on any atom is 0.335 e. The lowest BCUT2D eigenvalue weighted by Gasteiger charge is -2.08. The highest BCUT2D eigenvalue weighted by atomic mass is 35.5. The van der Waals surface area contributed by atoms with Gasteiger partial charge in [-0.15, -0.1) is 0 Å². The molecule has 30 heavy (non-hydrogen) atoms. The standard InChI is InChI=1S/C22H18ClN3O4/c1-13-8-15(23)11-24-21(13)30-17-6-7-18-19(10-17)26(2)20(25-18)12-29-16-5-3-4-14(9-16)22(27)28/h3-11H,12H2,1-2H3,(H,27,28). The summed E-state index contributed by atoms with van der Waals surface area (Å²) in [5.41, 5.74) is 2.68. The summed E-state index contributed by atoms with van der Waals surface area (Å²) in [4.78, 5) is 19.9. The van der Waals surface area contributed by atoms with Crippen molar-refractivity contribution in [3.8, 4) is 17.4 Å². The molecule has 0 aliphatic rings. The average Bonchev–Trinajstić information content (AvgIpc) is 3.04. The SMILES string of the molecule is Cc1cc(Cl)cnc1Oc1ccc2nc(COc3cccc(C(=O)O)c3)n(C)c2c1. The minimum absolute atomic E-state index is 0.172. The van der Waals surface area contributed by atoms with Gasteiger partial charge in [-0.1, -0.05) is 17.7 Å². The molecular weight excluding hydrogens is 406 g/mol. The van der Waals surface area contributed by atoms with E-state index in [9.17, 15) is 4.79 Å². The molecule has 0 saturated carbocycles. The van der Waals surface area contributed by atoms with Gasteiger partial charge in [0.05, 0.1) is 21.6 Å². The number of pyridine rings is 1. The highest BCUT2D eigenvalue weighted by Gasteiger charge is 2.12. The monoisotopic (exact) mass is 423 g/mol. The molecular formula is C22H18ClN3O4. The zero-order chi connectivity index (χ0) is 21.3. The van der Waals surface area contributed by atoms with Gasteiger partial charge in [0.2, 0.25) is 5.88 Å². The quantitative estimate of drug-likeness (QED) is 0.469. The van der Waals surface area contributed by atoms with Crippen molar-refractivity contribution < 1.29 is 19.4 Å². The minimum Gasteiger partial charge on any atom is -0.486 e. The van der Waals surface area contributed by atoms with Crippen LogP contribution in [0.4, 0.5) is 0 Å². The molecule has 2 aromatic heterocycles. The number of hydrogen-bond acceptors (Lipinski definition) is 5. The molecule has 0 fully saturated rings. The number of imidazole rings is 1. The van der Waals surface area contributed by atoms with Crippen molar-refractivity contribution in [1.29, 1.82) is 0 Å². The topological polar surface area (TPSA) is 86.5 Å². The van der Waals surface area contributed by atoms with Gasteiger partial charge >= 0.3 is 5.97 Å². The second kappa shape index (κ2) is 8.04. The molecule has 0 bridgehead atoms. The number of carboxylic acids is 1. The molecule has 0 aliphatic carbocycles. The van der Waals surface area contributed by atoms with E-state index in [2.05, 4.69) is 9.97 Å². The number of benzene rings is 2. The van der Waals surface area contributed by atoms with Crippen molar-refractivity contribution in [3.05, 3.63) is 76.7 Å². The summed E-state index contributed by atoms with van der Waals surface area (Å²) in [5.74, 6) is 1.29. The van der Waals surface area contributed by atoms with Gasteiger partial charge in [0.25, 0.3) is 0 Å². The lowest BCUT2D eigenvalue weighted by atomic mass is 10.2. The number of fused-ring (bicyclic) bond motifs is 1. The van der Waals surface area contributed by atoms with E-state index in [0.717, 1.165) is 16.6 Å². The van der Waals surface area contributed by atoms with Gasteiger partial charge in [-0.3, -0.25) is 0 Å². The number of carbonyl (C=O) groups is 1. The van der Waals surface area contributed by atoms with Crippen LogP contribution in [0.1, 0.15) is 21.7 Å². The number of hydrogen-bond donors (Lipinski definition) is 1. The number of carboxylic acid groups (broad SMARTS) is 1. The van der Waals surface area contributed by atoms with Gasteiger partial charge in [-0.25, -0.2) is 14.8 Å². The highest BCUT2D eigenvalue weighted by Crippen LogP contribution is 2.28. The van der Waals surface area contributed by atoms with Gasteiger partial charge < -0.3 is 19.1 Å². The van der Waals surface area contributed by atoms with Crippen LogP contribution in [0.25, 0.3) is 11.0 Å². The molecule has 0 saturated heterocycles. The number of nitrogens with zero attached hydrogens (tertiary/aromatic N) is 3. The van der Waals surface area contributed by atoms with E-state index in [1.807, 2.05) is 36.7 Å². The lowest BCUT2D eigenvalue weighted by Crippen LogP contribution is -2.04. The van der Waals surface area contributed by atoms with E-state index in [1.165, 1.54) is 12.1 Å². The number of ether oxygens (including phenoxy) is 2. The normalized spacial score (nSPS) is 10.9.